The van der Waals surface area contributed by atoms with Gasteiger partial charge in [0.05, 0.1) is 18.9 Å². The predicted molar refractivity (Wildman–Crippen MR) is 70.7 cm³/mol. The highest BCUT2D eigenvalue weighted by molar-refractivity contribution is 5.87. The first-order chi connectivity index (χ1) is 9.26. The third kappa shape index (κ3) is 2.93. The molecule has 100 valence electrons. The first-order valence-electron chi connectivity index (χ1n) is 6.21. The molecule has 0 amide bonds. The van der Waals surface area contributed by atoms with Crippen molar-refractivity contribution >= 4 is 5.97 Å². The normalized spacial score (nSPS) is 10.2. The molecule has 0 aliphatic carbocycles. The van der Waals surface area contributed by atoms with Crippen LogP contribution in [0.15, 0.2) is 36.4 Å². The molecule has 0 saturated heterocycles. The molecule has 2 rings (SSSR count). The number of ether oxygens (including phenoxy) is 2. The van der Waals surface area contributed by atoms with Crippen LogP contribution < -0.4 is 4.74 Å². The Labute approximate surface area is 111 Å². The predicted octanol–water partition coefficient (Wildman–Crippen LogP) is 2.45. The fourth-order valence-corrected chi connectivity index (χ4v) is 1.67. The summed E-state index contributed by atoms with van der Waals surface area (Å²) >= 11 is 0. The van der Waals surface area contributed by atoms with E-state index in [4.69, 9.17) is 9.47 Å². The summed E-state index contributed by atoms with van der Waals surface area (Å²) in [5.74, 6) is 0.0786. The topological polar surface area (TPSA) is 53.4 Å². The summed E-state index contributed by atoms with van der Waals surface area (Å²) in [4.78, 5) is 11.7. The molecule has 5 nitrogen and oxygen atoms in total. The van der Waals surface area contributed by atoms with Gasteiger partial charge in [0, 0.05) is 6.07 Å². The van der Waals surface area contributed by atoms with Gasteiger partial charge in [-0.3, -0.25) is 0 Å². The van der Waals surface area contributed by atoms with Crippen molar-refractivity contribution in [2.24, 2.45) is 0 Å². The molecule has 2 aromatic rings. The van der Waals surface area contributed by atoms with E-state index in [1.807, 2.05) is 37.3 Å². The van der Waals surface area contributed by atoms with Crippen molar-refractivity contribution in [1.82, 2.24) is 9.78 Å². The zero-order valence-corrected chi connectivity index (χ0v) is 11.0. The van der Waals surface area contributed by atoms with Gasteiger partial charge in [0.15, 0.2) is 5.69 Å². The molecule has 0 atom stereocenters. The van der Waals surface area contributed by atoms with Gasteiger partial charge in [0.2, 0.25) is 5.88 Å². The SMILES string of the molecule is CCOC(=O)c1cc(OCC)n(-c2ccccc2)n1. The third-order valence-corrected chi connectivity index (χ3v) is 2.45. The standard InChI is InChI=1S/C14H16N2O3/c1-3-18-13-10-12(14(17)19-4-2)15-16(13)11-8-6-5-7-9-11/h5-10H,3-4H2,1-2H3. The van der Waals surface area contributed by atoms with Gasteiger partial charge in [-0.05, 0) is 26.0 Å². The summed E-state index contributed by atoms with van der Waals surface area (Å²) in [6.07, 6.45) is 0. The summed E-state index contributed by atoms with van der Waals surface area (Å²) in [6, 6.07) is 11.1. The van der Waals surface area contributed by atoms with Crippen LogP contribution in [-0.2, 0) is 4.74 Å². The van der Waals surface area contributed by atoms with Gasteiger partial charge < -0.3 is 9.47 Å². The van der Waals surface area contributed by atoms with Crippen LogP contribution in [0.5, 0.6) is 5.88 Å². The molecule has 0 radical (unpaired) electrons. The van der Waals surface area contributed by atoms with Crippen LogP contribution in [0, 0.1) is 0 Å². The van der Waals surface area contributed by atoms with Crippen molar-refractivity contribution in [3.05, 3.63) is 42.1 Å². The van der Waals surface area contributed by atoms with Crippen LogP contribution in [0.25, 0.3) is 5.69 Å². The highest BCUT2D eigenvalue weighted by atomic mass is 16.5. The fraction of sp³-hybridized carbons (Fsp3) is 0.286. The van der Waals surface area contributed by atoms with Crippen molar-refractivity contribution in [2.45, 2.75) is 13.8 Å². The van der Waals surface area contributed by atoms with E-state index >= 15 is 0 Å². The Kier molecular flexibility index (Phi) is 4.18. The van der Waals surface area contributed by atoms with Crippen molar-refractivity contribution in [2.75, 3.05) is 13.2 Å². The fourth-order valence-electron chi connectivity index (χ4n) is 1.67. The van der Waals surface area contributed by atoms with Crippen LogP contribution in [-0.4, -0.2) is 29.0 Å². The summed E-state index contributed by atoms with van der Waals surface area (Å²) in [5.41, 5.74) is 1.08. The number of benzene rings is 1. The first-order valence-corrected chi connectivity index (χ1v) is 6.21. The molecule has 0 spiro atoms. The second kappa shape index (κ2) is 6.04. The van der Waals surface area contributed by atoms with E-state index in [0.29, 0.717) is 19.1 Å². The minimum Gasteiger partial charge on any atom is -0.478 e. The van der Waals surface area contributed by atoms with Crippen LogP contribution >= 0.6 is 0 Å². The van der Waals surface area contributed by atoms with Crippen molar-refractivity contribution < 1.29 is 14.3 Å². The van der Waals surface area contributed by atoms with Gasteiger partial charge in [0.25, 0.3) is 0 Å². The second-order valence-electron chi connectivity index (χ2n) is 3.77. The second-order valence-corrected chi connectivity index (χ2v) is 3.77. The number of hydrogen-bond acceptors (Lipinski definition) is 4. The maximum atomic E-state index is 11.7. The number of esters is 1. The van der Waals surface area contributed by atoms with Gasteiger partial charge in [0.1, 0.15) is 0 Å². The minimum absolute atomic E-state index is 0.245. The van der Waals surface area contributed by atoms with Crippen LogP contribution in [0.3, 0.4) is 0 Å². The maximum Gasteiger partial charge on any atom is 0.358 e. The number of carbonyl (C=O) groups is 1. The number of carbonyl (C=O) groups excluding carboxylic acids is 1. The van der Waals surface area contributed by atoms with E-state index in [2.05, 4.69) is 5.10 Å². The Bertz CT molecular complexity index is 549. The lowest BCUT2D eigenvalue weighted by Gasteiger charge is -2.06. The Balaban J connectivity index is 2.39. The summed E-state index contributed by atoms with van der Waals surface area (Å²) in [6.45, 7) is 4.46. The average molecular weight is 260 g/mol. The molecule has 0 N–H and O–H groups in total. The molecular formula is C14H16N2O3. The van der Waals surface area contributed by atoms with Gasteiger partial charge >= 0.3 is 5.97 Å². The number of hydrogen-bond donors (Lipinski definition) is 0. The van der Waals surface area contributed by atoms with E-state index in [1.54, 1.807) is 17.7 Å². The molecule has 0 saturated carbocycles. The molecule has 1 aromatic heterocycles. The molecule has 0 aliphatic rings. The van der Waals surface area contributed by atoms with Crippen molar-refractivity contribution in [1.29, 1.82) is 0 Å². The van der Waals surface area contributed by atoms with Gasteiger partial charge in [-0.2, -0.15) is 5.10 Å². The highest BCUT2D eigenvalue weighted by Gasteiger charge is 2.16. The van der Waals surface area contributed by atoms with Gasteiger partial charge in [-0.25, -0.2) is 9.48 Å². The zero-order valence-electron chi connectivity index (χ0n) is 11.0. The lowest BCUT2D eigenvalue weighted by Crippen LogP contribution is -2.07. The quantitative estimate of drug-likeness (QED) is 0.775. The van der Waals surface area contributed by atoms with E-state index in [-0.39, 0.29) is 5.69 Å². The van der Waals surface area contributed by atoms with Crippen LogP contribution in [0.2, 0.25) is 0 Å². The lowest BCUT2D eigenvalue weighted by atomic mass is 10.3. The molecule has 0 bridgehead atoms. The third-order valence-electron chi connectivity index (χ3n) is 2.45. The number of para-hydroxylation sites is 1. The maximum absolute atomic E-state index is 11.7. The molecule has 0 unspecified atom stereocenters. The Morgan fingerprint density at radius 1 is 1.21 bits per heavy atom. The molecule has 1 heterocycles. The first kappa shape index (κ1) is 13.1. The Morgan fingerprint density at radius 3 is 2.58 bits per heavy atom. The van der Waals surface area contributed by atoms with E-state index < -0.39 is 5.97 Å². The summed E-state index contributed by atoms with van der Waals surface area (Å²) in [7, 11) is 0. The smallest absolute Gasteiger partial charge is 0.358 e. The largest absolute Gasteiger partial charge is 0.478 e. The molecule has 1 aromatic carbocycles. The monoisotopic (exact) mass is 260 g/mol. The van der Waals surface area contributed by atoms with E-state index in [9.17, 15) is 4.79 Å². The molecule has 0 fully saturated rings. The number of rotatable bonds is 5. The Hall–Kier alpha value is -2.30. The molecule has 19 heavy (non-hydrogen) atoms. The molecule has 0 aliphatic heterocycles. The number of nitrogens with zero attached hydrogens (tertiary/aromatic N) is 2. The average Bonchev–Trinajstić information content (AvgIpc) is 2.85. The minimum atomic E-state index is -0.446. The number of aromatic nitrogens is 2. The summed E-state index contributed by atoms with van der Waals surface area (Å²) < 4.78 is 12.0. The van der Waals surface area contributed by atoms with Crippen LogP contribution in [0.1, 0.15) is 24.3 Å². The highest BCUT2D eigenvalue weighted by Crippen LogP contribution is 2.19. The molecule has 5 heteroatoms. The van der Waals surface area contributed by atoms with Crippen LogP contribution in [0.4, 0.5) is 0 Å². The van der Waals surface area contributed by atoms with E-state index in [1.165, 1.54) is 0 Å². The summed E-state index contributed by atoms with van der Waals surface area (Å²) in [5, 5.41) is 4.23. The van der Waals surface area contributed by atoms with Crippen molar-refractivity contribution in [3.63, 3.8) is 0 Å². The van der Waals surface area contributed by atoms with Gasteiger partial charge in [-0.15, -0.1) is 0 Å². The van der Waals surface area contributed by atoms with Gasteiger partial charge in [-0.1, -0.05) is 18.2 Å². The molecular weight excluding hydrogens is 244 g/mol. The van der Waals surface area contributed by atoms with Crippen molar-refractivity contribution in [3.8, 4) is 11.6 Å². The zero-order chi connectivity index (χ0) is 13.7. The van der Waals surface area contributed by atoms with E-state index in [0.717, 1.165) is 5.69 Å². The lowest BCUT2D eigenvalue weighted by molar-refractivity contribution is 0.0519. The Morgan fingerprint density at radius 2 is 1.95 bits per heavy atom.